The van der Waals surface area contributed by atoms with Gasteiger partial charge in [-0.15, -0.1) is 0 Å². The van der Waals surface area contributed by atoms with Crippen LogP contribution in [0.4, 0.5) is 4.79 Å². The summed E-state index contributed by atoms with van der Waals surface area (Å²) in [6, 6.07) is 1.69. The maximum atomic E-state index is 12.5. The molecule has 0 radical (unpaired) electrons. The summed E-state index contributed by atoms with van der Waals surface area (Å²) in [6.45, 7) is 6.56. The van der Waals surface area contributed by atoms with Crippen LogP contribution in [-0.4, -0.2) is 49.1 Å². The van der Waals surface area contributed by atoms with Crippen LogP contribution >= 0.6 is 0 Å². The van der Waals surface area contributed by atoms with E-state index >= 15 is 0 Å². The van der Waals surface area contributed by atoms with Gasteiger partial charge in [-0.1, -0.05) is 0 Å². The molecule has 0 bridgehead atoms. The molecular weight excluding hydrogens is 290 g/mol. The smallest absolute Gasteiger partial charge is 0.410 e. The summed E-state index contributed by atoms with van der Waals surface area (Å²) in [5.74, 6) is 0. The molecule has 0 aromatic carbocycles. The van der Waals surface area contributed by atoms with Crippen LogP contribution in [0.15, 0.2) is 23.6 Å². The van der Waals surface area contributed by atoms with Gasteiger partial charge in [-0.2, -0.15) is 0 Å². The van der Waals surface area contributed by atoms with E-state index in [-0.39, 0.29) is 11.3 Å². The van der Waals surface area contributed by atoms with Crippen LogP contribution in [0.25, 0.3) is 0 Å². The molecule has 1 aliphatic heterocycles. The number of hydrogen-bond donors (Lipinski definition) is 0. The summed E-state index contributed by atoms with van der Waals surface area (Å²) in [7, 11) is -1.30. The van der Waals surface area contributed by atoms with Crippen molar-refractivity contribution in [1.82, 2.24) is 14.9 Å². The number of amides is 1. The number of ether oxygens (including phenoxy) is 1. The molecule has 2 rings (SSSR count). The number of rotatable bonds is 2. The normalized spacial score (nSPS) is 20.9. The molecule has 21 heavy (non-hydrogen) atoms. The molecule has 1 aromatic heterocycles. The molecule has 7 heteroatoms. The van der Waals surface area contributed by atoms with Gasteiger partial charge in [0.2, 0.25) is 5.16 Å². The fourth-order valence-electron chi connectivity index (χ4n) is 2.14. The average molecular weight is 311 g/mol. The number of aromatic nitrogens is 2. The van der Waals surface area contributed by atoms with E-state index in [1.807, 2.05) is 20.8 Å². The molecule has 0 unspecified atom stereocenters. The Morgan fingerprint density at radius 3 is 2.67 bits per heavy atom. The SMILES string of the molecule is CC(C)(C)OC(=O)N1CCC[C@@H]([S@](=O)c2ncccn2)C1. The van der Waals surface area contributed by atoms with E-state index < -0.39 is 16.4 Å². The molecule has 1 amide bonds. The van der Waals surface area contributed by atoms with Gasteiger partial charge in [-0.25, -0.2) is 14.8 Å². The van der Waals surface area contributed by atoms with E-state index in [1.165, 1.54) is 0 Å². The Hall–Kier alpha value is -1.50. The summed E-state index contributed by atoms with van der Waals surface area (Å²) in [4.78, 5) is 21.8. The van der Waals surface area contributed by atoms with E-state index in [9.17, 15) is 9.00 Å². The van der Waals surface area contributed by atoms with Crippen LogP contribution in [0.5, 0.6) is 0 Å². The quantitative estimate of drug-likeness (QED) is 0.781. The van der Waals surface area contributed by atoms with Gasteiger partial charge in [0.15, 0.2) is 0 Å². The fraction of sp³-hybridized carbons (Fsp3) is 0.643. The molecule has 0 spiro atoms. The summed E-state index contributed by atoms with van der Waals surface area (Å²) in [5, 5.41) is 0.183. The minimum atomic E-state index is -1.30. The molecule has 0 N–H and O–H groups in total. The monoisotopic (exact) mass is 311 g/mol. The zero-order valence-corrected chi connectivity index (χ0v) is 13.4. The molecule has 1 aliphatic rings. The Balaban J connectivity index is 2.01. The lowest BCUT2D eigenvalue weighted by Crippen LogP contribution is -2.46. The molecule has 116 valence electrons. The zero-order chi connectivity index (χ0) is 15.5. The number of piperidine rings is 1. The maximum Gasteiger partial charge on any atom is 0.410 e. The summed E-state index contributed by atoms with van der Waals surface area (Å²) >= 11 is 0. The summed E-state index contributed by atoms with van der Waals surface area (Å²) in [5.41, 5.74) is -0.522. The van der Waals surface area contributed by atoms with Crippen molar-refractivity contribution in [2.45, 2.75) is 49.6 Å². The predicted molar refractivity (Wildman–Crippen MR) is 79.3 cm³/mol. The number of nitrogens with zero attached hydrogens (tertiary/aromatic N) is 3. The largest absolute Gasteiger partial charge is 0.444 e. The lowest BCUT2D eigenvalue weighted by Gasteiger charge is -2.33. The highest BCUT2D eigenvalue weighted by Gasteiger charge is 2.31. The Kier molecular flexibility index (Phi) is 4.92. The molecule has 1 aromatic rings. The molecule has 6 nitrogen and oxygen atoms in total. The number of likely N-dealkylation sites (tertiary alicyclic amines) is 1. The summed E-state index contributed by atoms with van der Waals surface area (Å²) < 4.78 is 17.8. The standard InChI is InChI=1S/C14H21N3O3S/c1-14(2,3)20-13(18)17-9-4-6-11(10-17)21(19)12-15-7-5-8-16-12/h5,7-8,11H,4,6,9-10H2,1-3H3/t11-,21+/m1/s1. The molecule has 0 saturated carbocycles. The van der Waals surface area contributed by atoms with Gasteiger partial charge >= 0.3 is 6.09 Å². The highest BCUT2D eigenvalue weighted by atomic mass is 32.2. The van der Waals surface area contributed by atoms with Crippen molar-refractivity contribution in [1.29, 1.82) is 0 Å². The van der Waals surface area contributed by atoms with Crippen LogP contribution in [0.1, 0.15) is 33.6 Å². The Bertz CT molecular complexity index is 516. The Morgan fingerprint density at radius 2 is 2.05 bits per heavy atom. The average Bonchev–Trinajstić information content (AvgIpc) is 2.46. The van der Waals surface area contributed by atoms with Gasteiger partial charge in [-0.05, 0) is 39.7 Å². The third-order valence-electron chi connectivity index (χ3n) is 3.05. The highest BCUT2D eigenvalue weighted by molar-refractivity contribution is 7.85. The maximum absolute atomic E-state index is 12.5. The second kappa shape index (κ2) is 6.51. The van der Waals surface area contributed by atoms with Gasteiger partial charge in [0, 0.05) is 25.5 Å². The van der Waals surface area contributed by atoms with Gasteiger partial charge in [0.1, 0.15) is 5.60 Å². The predicted octanol–water partition coefficient (Wildman–Crippen LogP) is 1.98. The van der Waals surface area contributed by atoms with Gasteiger partial charge in [0.05, 0.1) is 16.0 Å². The highest BCUT2D eigenvalue weighted by Crippen LogP contribution is 2.20. The van der Waals surface area contributed by atoms with E-state index in [0.29, 0.717) is 18.2 Å². The minimum Gasteiger partial charge on any atom is -0.444 e. The second-order valence-corrected chi connectivity index (χ2v) is 7.65. The zero-order valence-electron chi connectivity index (χ0n) is 12.6. The first-order chi connectivity index (χ1) is 9.87. The van der Waals surface area contributed by atoms with Crippen molar-refractivity contribution >= 4 is 16.9 Å². The molecule has 0 aliphatic carbocycles. The minimum absolute atomic E-state index is 0.145. The summed E-state index contributed by atoms with van der Waals surface area (Å²) in [6.07, 6.45) is 4.41. The number of carbonyl (C=O) groups is 1. The van der Waals surface area contributed by atoms with Crippen LogP contribution in [-0.2, 0) is 15.5 Å². The number of carbonyl (C=O) groups excluding carboxylic acids is 1. The molecular formula is C14H21N3O3S. The molecule has 1 saturated heterocycles. The molecule has 1 fully saturated rings. The first kappa shape index (κ1) is 15.9. The van der Waals surface area contributed by atoms with E-state index in [4.69, 9.17) is 4.74 Å². The van der Waals surface area contributed by atoms with E-state index in [0.717, 1.165) is 12.8 Å². The first-order valence-corrected chi connectivity index (χ1v) is 8.23. The third kappa shape index (κ3) is 4.49. The second-order valence-electron chi connectivity index (χ2n) is 6.02. The topological polar surface area (TPSA) is 72.4 Å². The van der Waals surface area contributed by atoms with Crippen molar-refractivity contribution in [3.63, 3.8) is 0 Å². The molecule has 2 atom stereocenters. The van der Waals surface area contributed by atoms with Crippen molar-refractivity contribution < 1.29 is 13.7 Å². The molecule has 2 heterocycles. The number of hydrogen-bond acceptors (Lipinski definition) is 5. The lowest BCUT2D eigenvalue weighted by molar-refractivity contribution is 0.0219. The van der Waals surface area contributed by atoms with Crippen LogP contribution < -0.4 is 0 Å². The van der Waals surface area contributed by atoms with Crippen molar-refractivity contribution in [3.8, 4) is 0 Å². The Morgan fingerprint density at radius 1 is 1.38 bits per heavy atom. The van der Waals surface area contributed by atoms with Crippen LogP contribution in [0.2, 0.25) is 0 Å². The van der Waals surface area contributed by atoms with E-state index in [2.05, 4.69) is 9.97 Å². The lowest BCUT2D eigenvalue weighted by atomic mass is 10.1. The van der Waals surface area contributed by atoms with Crippen molar-refractivity contribution in [2.75, 3.05) is 13.1 Å². The van der Waals surface area contributed by atoms with Gasteiger partial charge < -0.3 is 9.64 Å². The van der Waals surface area contributed by atoms with Gasteiger partial charge in [-0.3, -0.25) is 4.21 Å². The van der Waals surface area contributed by atoms with Crippen molar-refractivity contribution in [2.24, 2.45) is 0 Å². The van der Waals surface area contributed by atoms with E-state index in [1.54, 1.807) is 23.4 Å². The third-order valence-corrected chi connectivity index (χ3v) is 4.62. The van der Waals surface area contributed by atoms with Crippen LogP contribution in [0.3, 0.4) is 0 Å². The van der Waals surface area contributed by atoms with Crippen molar-refractivity contribution in [3.05, 3.63) is 18.5 Å². The first-order valence-electron chi connectivity index (χ1n) is 7.02. The fourth-order valence-corrected chi connectivity index (χ4v) is 3.47. The Labute approximate surface area is 127 Å². The van der Waals surface area contributed by atoms with Gasteiger partial charge in [0.25, 0.3) is 0 Å². The van der Waals surface area contributed by atoms with Crippen LogP contribution in [0, 0.1) is 0 Å².